The van der Waals surface area contributed by atoms with Crippen molar-refractivity contribution in [2.24, 2.45) is 0 Å². The summed E-state index contributed by atoms with van der Waals surface area (Å²) in [6.07, 6.45) is -0.326. The number of aliphatic hydroxyl groups excluding tert-OH is 1. The molecule has 0 unspecified atom stereocenters. The van der Waals surface area contributed by atoms with Crippen molar-refractivity contribution in [3.05, 3.63) is 89.7 Å². The third-order valence-corrected chi connectivity index (χ3v) is 6.56. The lowest BCUT2D eigenvalue weighted by atomic mass is 10.1. The molecule has 2 heterocycles. The number of aryl methyl sites for hydroxylation is 2. The Bertz CT molecular complexity index is 1320. The Morgan fingerprint density at radius 1 is 1.03 bits per heavy atom. The number of benzene rings is 3. The molecule has 6 heteroatoms. The van der Waals surface area contributed by atoms with Crippen LogP contribution in [0.4, 0.5) is 5.69 Å². The number of hydrogen-bond donors (Lipinski definition) is 1. The maximum Gasteiger partial charge on any atom is 0.227 e. The molecule has 0 radical (unpaired) electrons. The maximum atomic E-state index is 12.8. The molecule has 2 atom stereocenters. The molecular formula is C28H29N3O3. The fourth-order valence-corrected chi connectivity index (χ4v) is 4.60. The van der Waals surface area contributed by atoms with Gasteiger partial charge in [0.05, 0.1) is 17.6 Å². The van der Waals surface area contributed by atoms with E-state index in [1.54, 1.807) is 0 Å². The van der Waals surface area contributed by atoms with Gasteiger partial charge in [0.25, 0.3) is 0 Å². The van der Waals surface area contributed by atoms with E-state index in [2.05, 4.69) is 11.5 Å². The van der Waals surface area contributed by atoms with Gasteiger partial charge in [0, 0.05) is 24.6 Å². The molecule has 3 aromatic carbocycles. The highest BCUT2D eigenvalue weighted by atomic mass is 16.5. The minimum absolute atomic E-state index is 0.0482. The van der Waals surface area contributed by atoms with Gasteiger partial charge in [-0.2, -0.15) is 0 Å². The average Bonchev–Trinajstić information content (AvgIpc) is 3.41. The van der Waals surface area contributed by atoms with Crippen LogP contribution in [0.1, 0.15) is 29.3 Å². The zero-order valence-electron chi connectivity index (χ0n) is 19.5. The van der Waals surface area contributed by atoms with Gasteiger partial charge in [-0.3, -0.25) is 4.79 Å². The highest BCUT2D eigenvalue weighted by Gasteiger charge is 2.35. The van der Waals surface area contributed by atoms with Crippen molar-refractivity contribution in [1.29, 1.82) is 0 Å². The summed E-state index contributed by atoms with van der Waals surface area (Å²) in [5.74, 6) is 1.62. The average molecular weight is 456 g/mol. The standard InChI is InChI=1S/C28H29N3O3/c1-19-12-13-24(14-20(19)2)34-18-23(32)17-31-26-11-7-6-10-25(26)29-28(31)21-15-27(33)30(16-21)22-8-4-3-5-9-22/h3-14,21,23,32H,15-18H2,1-2H3/t21-,23+/m0/s1. The lowest BCUT2D eigenvalue weighted by Crippen LogP contribution is -2.26. The van der Waals surface area contributed by atoms with Gasteiger partial charge in [0.2, 0.25) is 5.91 Å². The summed E-state index contributed by atoms with van der Waals surface area (Å²) in [5.41, 5.74) is 5.08. The summed E-state index contributed by atoms with van der Waals surface area (Å²) < 4.78 is 7.93. The fraction of sp³-hybridized carbons (Fsp3) is 0.286. The maximum absolute atomic E-state index is 12.8. The molecule has 1 aromatic heterocycles. The number of aliphatic hydroxyl groups is 1. The normalized spacial score (nSPS) is 16.9. The van der Waals surface area contributed by atoms with E-state index in [0.717, 1.165) is 33.9 Å². The first-order chi connectivity index (χ1) is 16.5. The van der Waals surface area contributed by atoms with Gasteiger partial charge in [-0.1, -0.05) is 36.4 Å². The first-order valence-electron chi connectivity index (χ1n) is 11.7. The number of hydrogen-bond acceptors (Lipinski definition) is 4. The Labute approximate surface area is 199 Å². The highest BCUT2D eigenvalue weighted by Crippen LogP contribution is 2.33. The topological polar surface area (TPSA) is 67.6 Å². The van der Waals surface area contributed by atoms with Crippen molar-refractivity contribution in [2.45, 2.75) is 38.8 Å². The van der Waals surface area contributed by atoms with Crippen LogP contribution in [0.15, 0.2) is 72.8 Å². The van der Waals surface area contributed by atoms with E-state index >= 15 is 0 Å². The van der Waals surface area contributed by atoms with Crippen molar-refractivity contribution in [3.8, 4) is 5.75 Å². The number of carbonyl (C=O) groups is 1. The van der Waals surface area contributed by atoms with Crippen LogP contribution in [0.3, 0.4) is 0 Å². The molecule has 0 aliphatic carbocycles. The number of fused-ring (bicyclic) bond motifs is 1. The van der Waals surface area contributed by atoms with Crippen LogP contribution in [-0.4, -0.2) is 39.8 Å². The minimum Gasteiger partial charge on any atom is -0.491 e. The molecule has 174 valence electrons. The van der Waals surface area contributed by atoms with E-state index in [4.69, 9.17) is 9.72 Å². The first-order valence-corrected chi connectivity index (χ1v) is 11.7. The SMILES string of the molecule is Cc1ccc(OC[C@H](O)Cn2c([C@H]3CC(=O)N(c4ccccc4)C3)nc3ccccc32)cc1C. The summed E-state index contributed by atoms with van der Waals surface area (Å²) in [4.78, 5) is 19.5. The Balaban J connectivity index is 1.37. The predicted molar refractivity (Wildman–Crippen MR) is 133 cm³/mol. The first kappa shape index (κ1) is 22.2. The number of nitrogens with zero attached hydrogens (tertiary/aromatic N) is 3. The van der Waals surface area contributed by atoms with Crippen LogP contribution in [0.2, 0.25) is 0 Å². The monoisotopic (exact) mass is 455 g/mol. The molecule has 4 aromatic rings. The van der Waals surface area contributed by atoms with Crippen LogP contribution in [0, 0.1) is 13.8 Å². The van der Waals surface area contributed by atoms with Gasteiger partial charge in [-0.15, -0.1) is 0 Å². The number of imidazole rings is 1. The molecule has 1 aliphatic rings. The van der Waals surface area contributed by atoms with E-state index in [9.17, 15) is 9.90 Å². The summed E-state index contributed by atoms with van der Waals surface area (Å²) in [5, 5.41) is 10.9. The summed E-state index contributed by atoms with van der Waals surface area (Å²) >= 11 is 0. The van der Waals surface area contributed by atoms with Crippen LogP contribution >= 0.6 is 0 Å². The van der Waals surface area contributed by atoms with Crippen LogP contribution in [-0.2, 0) is 11.3 Å². The number of aromatic nitrogens is 2. The van der Waals surface area contributed by atoms with Crippen molar-refractivity contribution in [3.63, 3.8) is 0 Å². The summed E-state index contributed by atoms with van der Waals surface area (Å²) in [7, 11) is 0. The van der Waals surface area contributed by atoms with Gasteiger partial charge >= 0.3 is 0 Å². The van der Waals surface area contributed by atoms with Crippen molar-refractivity contribution in [2.75, 3.05) is 18.1 Å². The summed E-state index contributed by atoms with van der Waals surface area (Å²) in [6, 6.07) is 23.6. The quantitative estimate of drug-likeness (QED) is 0.442. The molecule has 34 heavy (non-hydrogen) atoms. The largest absolute Gasteiger partial charge is 0.491 e. The van der Waals surface area contributed by atoms with Crippen molar-refractivity contribution >= 4 is 22.6 Å². The third-order valence-electron chi connectivity index (χ3n) is 6.56. The van der Waals surface area contributed by atoms with Gasteiger partial charge in [0.1, 0.15) is 24.3 Å². The summed E-state index contributed by atoms with van der Waals surface area (Å²) in [6.45, 7) is 5.20. The number of ether oxygens (including phenoxy) is 1. The van der Waals surface area contributed by atoms with E-state index in [-0.39, 0.29) is 18.4 Å². The Kier molecular flexibility index (Phi) is 6.07. The number of carbonyl (C=O) groups excluding carboxylic acids is 1. The number of para-hydroxylation sites is 3. The molecule has 5 rings (SSSR count). The van der Waals surface area contributed by atoms with E-state index in [1.165, 1.54) is 5.56 Å². The Morgan fingerprint density at radius 3 is 2.59 bits per heavy atom. The molecule has 1 aliphatic heterocycles. The van der Waals surface area contributed by atoms with Crippen molar-refractivity contribution < 1.29 is 14.6 Å². The van der Waals surface area contributed by atoms with E-state index < -0.39 is 6.10 Å². The van der Waals surface area contributed by atoms with Gasteiger partial charge < -0.3 is 19.3 Å². The van der Waals surface area contributed by atoms with Gasteiger partial charge in [-0.05, 0) is 61.4 Å². The molecular weight excluding hydrogens is 426 g/mol. The minimum atomic E-state index is -0.722. The Hall–Kier alpha value is -3.64. The van der Waals surface area contributed by atoms with Crippen LogP contribution in [0.5, 0.6) is 5.75 Å². The van der Waals surface area contributed by atoms with E-state index in [0.29, 0.717) is 19.5 Å². The number of amides is 1. The second-order valence-electron chi connectivity index (χ2n) is 9.02. The zero-order chi connectivity index (χ0) is 23.7. The molecule has 1 amide bonds. The molecule has 1 fully saturated rings. The molecule has 0 spiro atoms. The van der Waals surface area contributed by atoms with Crippen LogP contribution < -0.4 is 9.64 Å². The smallest absolute Gasteiger partial charge is 0.227 e. The molecule has 1 saturated heterocycles. The molecule has 1 N–H and O–H groups in total. The van der Waals surface area contributed by atoms with Crippen LogP contribution in [0.25, 0.3) is 11.0 Å². The zero-order valence-corrected chi connectivity index (χ0v) is 19.5. The number of anilines is 1. The second-order valence-corrected chi connectivity index (χ2v) is 9.02. The molecule has 0 bridgehead atoms. The van der Waals surface area contributed by atoms with Gasteiger partial charge in [-0.25, -0.2) is 4.98 Å². The predicted octanol–water partition coefficient (Wildman–Crippen LogP) is 4.61. The molecule has 0 saturated carbocycles. The lowest BCUT2D eigenvalue weighted by molar-refractivity contribution is -0.117. The highest BCUT2D eigenvalue weighted by molar-refractivity contribution is 5.96. The molecule has 6 nitrogen and oxygen atoms in total. The van der Waals surface area contributed by atoms with Gasteiger partial charge in [0.15, 0.2) is 0 Å². The second kappa shape index (κ2) is 9.31. The fourth-order valence-electron chi connectivity index (χ4n) is 4.60. The van der Waals surface area contributed by atoms with E-state index in [1.807, 2.05) is 84.6 Å². The number of rotatable bonds is 7. The van der Waals surface area contributed by atoms with Crippen molar-refractivity contribution in [1.82, 2.24) is 9.55 Å². The lowest BCUT2D eigenvalue weighted by Gasteiger charge is -2.19. The Morgan fingerprint density at radius 2 is 1.79 bits per heavy atom. The third kappa shape index (κ3) is 4.41.